The Balaban J connectivity index is 1.82. The van der Waals surface area contributed by atoms with Crippen LogP contribution in [0.1, 0.15) is 0 Å². The lowest BCUT2D eigenvalue weighted by Crippen LogP contribution is -1.80. The van der Waals surface area contributed by atoms with Crippen LogP contribution in [0, 0.1) is 6.07 Å². The van der Waals surface area contributed by atoms with Gasteiger partial charge in [0.15, 0.2) is 0 Å². The summed E-state index contributed by atoms with van der Waals surface area (Å²) in [6.07, 6.45) is 0. The Hall–Kier alpha value is -2.45. The van der Waals surface area contributed by atoms with Crippen molar-refractivity contribution in [3.63, 3.8) is 0 Å². The lowest BCUT2D eigenvalue weighted by atomic mass is 10.0. The summed E-state index contributed by atoms with van der Waals surface area (Å²) in [5.41, 5.74) is 4.49. The van der Waals surface area contributed by atoms with Gasteiger partial charge in [0.25, 0.3) is 0 Å². The van der Waals surface area contributed by atoms with Crippen LogP contribution in [0.2, 0.25) is 0 Å². The maximum absolute atomic E-state index is 4.72. The third kappa shape index (κ3) is 2.34. The summed E-state index contributed by atoms with van der Waals surface area (Å²) in [5, 5.41) is 1.06. The summed E-state index contributed by atoms with van der Waals surface area (Å²) in [5.74, 6) is 0. The molecular weight excluding hydrogens is 274 g/mol. The largest absolute Gasteiger partial charge is 0.236 e. The van der Waals surface area contributed by atoms with Gasteiger partial charge in [-0.2, -0.15) is 0 Å². The molecule has 0 aliphatic heterocycles. The normalized spacial score (nSPS) is 10.9. The van der Waals surface area contributed by atoms with E-state index in [0.717, 1.165) is 21.7 Å². The van der Waals surface area contributed by atoms with Crippen molar-refractivity contribution in [3.8, 4) is 21.7 Å². The summed E-state index contributed by atoms with van der Waals surface area (Å²) in [6, 6.07) is 28.1. The van der Waals surface area contributed by atoms with Crippen LogP contribution in [0.3, 0.4) is 0 Å². The predicted octanol–water partition coefficient (Wildman–Crippen LogP) is 5.43. The zero-order valence-corrected chi connectivity index (χ0v) is 12.1. The number of nitrogens with zero attached hydrogens (tertiary/aromatic N) is 1. The fraction of sp³-hybridized carbons (Fsp3) is 0. The van der Waals surface area contributed by atoms with Gasteiger partial charge < -0.3 is 0 Å². The molecule has 0 saturated heterocycles. The van der Waals surface area contributed by atoms with E-state index in [4.69, 9.17) is 4.98 Å². The fourth-order valence-electron chi connectivity index (χ4n) is 2.38. The van der Waals surface area contributed by atoms with Crippen LogP contribution in [0.25, 0.3) is 31.9 Å². The van der Waals surface area contributed by atoms with Crippen LogP contribution in [-0.2, 0) is 0 Å². The third-order valence-electron chi connectivity index (χ3n) is 3.43. The second-order valence-electron chi connectivity index (χ2n) is 4.84. The molecule has 0 aliphatic rings. The van der Waals surface area contributed by atoms with Crippen LogP contribution >= 0.6 is 11.3 Å². The Kier molecular flexibility index (Phi) is 3.02. The molecule has 4 aromatic rings. The molecule has 1 heterocycles. The van der Waals surface area contributed by atoms with Crippen molar-refractivity contribution < 1.29 is 0 Å². The first-order chi connectivity index (χ1) is 10.4. The maximum Gasteiger partial charge on any atom is 0.124 e. The van der Waals surface area contributed by atoms with Crippen LogP contribution in [0.4, 0.5) is 0 Å². The van der Waals surface area contributed by atoms with E-state index in [9.17, 15) is 0 Å². The second kappa shape index (κ2) is 5.15. The number of thiazole rings is 1. The molecule has 0 aliphatic carbocycles. The van der Waals surface area contributed by atoms with Gasteiger partial charge in [0.1, 0.15) is 5.01 Å². The van der Waals surface area contributed by atoms with Crippen molar-refractivity contribution >= 4 is 21.6 Å². The fourth-order valence-corrected chi connectivity index (χ4v) is 3.34. The average Bonchev–Trinajstić information content (AvgIpc) is 3.00. The molecule has 0 saturated carbocycles. The van der Waals surface area contributed by atoms with E-state index in [1.54, 1.807) is 11.3 Å². The quantitative estimate of drug-likeness (QED) is 0.479. The van der Waals surface area contributed by atoms with Gasteiger partial charge in [-0.25, -0.2) is 4.98 Å². The van der Waals surface area contributed by atoms with E-state index in [0.29, 0.717) is 0 Å². The van der Waals surface area contributed by atoms with E-state index in [1.165, 1.54) is 10.3 Å². The first-order valence-corrected chi connectivity index (χ1v) is 7.65. The van der Waals surface area contributed by atoms with Gasteiger partial charge in [-0.15, -0.1) is 11.3 Å². The highest BCUT2D eigenvalue weighted by Crippen LogP contribution is 2.32. The Bertz CT molecular complexity index is 861. The molecule has 2 heteroatoms. The molecule has 0 bridgehead atoms. The molecule has 0 unspecified atom stereocenters. The number of aromatic nitrogens is 1. The van der Waals surface area contributed by atoms with Crippen molar-refractivity contribution in [2.75, 3.05) is 0 Å². The first-order valence-electron chi connectivity index (χ1n) is 6.83. The number of hydrogen-bond donors (Lipinski definition) is 0. The first kappa shape index (κ1) is 12.3. The van der Waals surface area contributed by atoms with E-state index in [-0.39, 0.29) is 0 Å². The topological polar surface area (TPSA) is 12.9 Å². The molecule has 1 nitrogen and oxygen atoms in total. The standard InChI is InChI=1S/C19H12NS/c1-2-7-14(8-3-1)15-9-6-10-16(13-15)19-20-17-11-4-5-12-18(17)21-19/h1-8,10-13H. The number of benzene rings is 3. The van der Waals surface area contributed by atoms with Crippen molar-refractivity contribution in [3.05, 3.63) is 78.9 Å². The van der Waals surface area contributed by atoms with Crippen LogP contribution in [0.15, 0.2) is 72.8 Å². The number of hydrogen-bond acceptors (Lipinski definition) is 2. The molecular formula is C19H12NS. The molecule has 3 aromatic carbocycles. The zero-order valence-electron chi connectivity index (χ0n) is 11.3. The summed E-state index contributed by atoms with van der Waals surface area (Å²) in [4.78, 5) is 4.72. The van der Waals surface area contributed by atoms with Crippen LogP contribution in [0.5, 0.6) is 0 Å². The van der Waals surface area contributed by atoms with Gasteiger partial charge in [-0.3, -0.25) is 0 Å². The van der Waals surface area contributed by atoms with E-state index >= 15 is 0 Å². The third-order valence-corrected chi connectivity index (χ3v) is 4.51. The highest BCUT2D eigenvalue weighted by atomic mass is 32.1. The highest BCUT2D eigenvalue weighted by Gasteiger charge is 2.07. The summed E-state index contributed by atoms with van der Waals surface area (Å²) in [7, 11) is 0. The molecule has 99 valence electrons. The minimum absolute atomic E-state index is 1.06. The van der Waals surface area contributed by atoms with Crippen molar-refractivity contribution in [2.24, 2.45) is 0 Å². The molecule has 0 atom stereocenters. The number of para-hydroxylation sites is 1. The smallest absolute Gasteiger partial charge is 0.124 e. The van der Waals surface area contributed by atoms with E-state index in [1.807, 2.05) is 30.3 Å². The Morgan fingerprint density at radius 3 is 2.48 bits per heavy atom. The van der Waals surface area contributed by atoms with Crippen molar-refractivity contribution in [1.29, 1.82) is 0 Å². The van der Waals surface area contributed by atoms with Gasteiger partial charge in [0.2, 0.25) is 0 Å². The molecule has 21 heavy (non-hydrogen) atoms. The summed E-state index contributed by atoms with van der Waals surface area (Å²) < 4.78 is 1.22. The molecule has 1 radical (unpaired) electrons. The van der Waals surface area contributed by atoms with Gasteiger partial charge in [0, 0.05) is 5.56 Å². The molecule has 0 fully saturated rings. The number of rotatable bonds is 2. The maximum atomic E-state index is 4.72. The summed E-state index contributed by atoms with van der Waals surface area (Å²) >= 11 is 1.73. The summed E-state index contributed by atoms with van der Waals surface area (Å²) in [6.45, 7) is 0. The van der Waals surface area contributed by atoms with Crippen LogP contribution in [-0.4, -0.2) is 4.98 Å². The SMILES string of the molecule is [c]1ccc(-c2nc3ccccc3s2)cc1-c1ccccc1. The van der Waals surface area contributed by atoms with Gasteiger partial charge in [-0.05, 0) is 35.4 Å². The number of fused-ring (bicyclic) bond motifs is 1. The molecule has 0 spiro atoms. The monoisotopic (exact) mass is 286 g/mol. The lowest BCUT2D eigenvalue weighted by Gasteiger charge is -2.02. The lowest BCUT2D eigenvalue weighted by molar-refractivity contribution is 1.47. The van der Waals surface area contributed by atoms with E-state index in [2.05, 4.69) is 48.5 Å². The van der Waals surface area contributed by atoms with E-state index < -0.39 is 0 Å². The Morgan fingerprint density at radius 2 is 1.62 bits per heavy atom. The highest BCUT2D eigenvalue weighted by molar-refractivity contribution is 7.21. The predicted molar refractivity (Wildman–Crippen MR) is 89.3 cm³/mol. The Morgan fingerprint density at radius 1 is 0.810 bits per heavy atom. The van der Waals surface area contributed by atoms with Crippen LogP contribution < -0.4 is 0 Å². The molecule has 0 amide bonds. The molecule has 1 aromatic heterocycles. The molecule has 4 rings (SSSR count). The molecule has 0 N–H and O–H groups in total. The zero-order chi connectivity index (χ0) is 14.1. The van der Waals surface area contributed by atoms with Gasteiger partial charge in [0.05, 0.1) is 10.2 Å². The van der Waals surface area contributed by atoms with Crippen molar-refractivity contribution in [1.82, 2.24) is 4.98 Å². The average molecular weight is 286 g/mol. The van der Waals surface area contributed by atoms with Crippen molar-refractivity contribution in [2.45, 2.75) is 0 Å². The van der Waals surface area contributed by atoms with Gasteiger partial charge in [-0.1, -0.05) is 54.6 Å². The van der Waals surface area contributed by atoms with Gasteiger partial charge >= 0.3 is 0 Å². The Labute approximate surface area is 127 Å². The minimum Gasteiger partial charge on any atom is -0.236 e. The second-order valence-corrected chi connectivity index (χ2v) is 5.87. The minimum atomic E-state index is 1.06.